The summed E-state index contributed by atoms with van der Waals surface area (Å²) in [6.45, 7) is 8.76. The molecular formula is C15H28N2O. The second-order valence-corrected chi connectivity index (χ2v) is 7.51. The van der Waals surface area contributed by atoms with Gasteiger partial charge in [-0.25, -0.2) is 0 Å². The molecule has 0 bridgehead atoms. The lowest BCUT2D eigenvalue weighted by atomic mass is 9.62. The lowest BCUT2D eigenvalue weighted by molar-refractivity contribution is -0.133. The molecule has 2 aliphatic carbocycles. The average Bonchev–Trinajstić information content (AvgIpc) is 2.27. The van der Waals surface area contributed by atoms with Gasteiger partial charge in [0, 0.05) is 23.4 Å². The fourth-order valence-electron chi connectivity index (χ4n) is 3.46. The molecule has 0 aromatic rings. The minimum absolute atomic E-state index is 0.0501. The van der Waals surface area contributed by atoms with Crippen LogP contribution in [0.15, 0.2) is 0 Å². The Morgan fingerprint density at radius 1 is 1.22 bits per heavy atom. The Morgan fingerprint density at radius 2 is 1.89 bits per heavy atom. The SMILES string of the molecule is CC1(C)CCCCC1C(=O)NC1CC(N)C1(C)C. The summed E-state index contributed by atoms with van der Waals surface area (Å²) in [4.78, 5) is 12.5. The highest BCUT2D eigenvalue weighted by Crippen LogP contribution is 2.43. The summed E-state index contributed by atoms with van der Waals surface area (Å²) in [6.07, 6.45) is 5.58. The summed E-state index contributed by atoms with van der Waals surface area (Å²) in [5.74, 6) is 0.434. The zero-order valence-electron chi connectivity index (χ0n) is 12.3. The second kappa shape index (κ2) is 4.52. The van der Waals surface area contributed by atoms with Crippen molar-refractivity contribution >= 4 is 5.91 Å². The summed E-state index contributed by atoms with van der Waals surface area (Å²) in [7, 11) is 0. The maximum absolute atomic E-state index is 12.5. The molecule has 3 atom stereocenters. The van der Waals surface area contributed by atoms with Gasteiger partial charge in [0.15, 0.2) is 0 Å². The third kappa shape index (κ3) is 2.29. The van der Waals surface area contributed by atoms with Gasteiger partial charge < -0.3 is 11.1 Å². The minimum atomic E-state index is 0.0501. The smallest absolute Gasteiger partial charge is 0.223 e. The first kappa shape index (κ1) is 13.9. The van der Waals surface area contributed by atoms with Crippen molar-refractivity contribution in [1.82, 2.24) is 5.32 Å². The molecule has 0 aliphatic heterocycles. The average molecular weight is 252 g/mol. The van der Waals surface area contributed by atoms with Gasteiger partial charge in [-0.2, -0.15) is 0 Å². The number of nitrogens with one attached hydrogen (secondary N) is 1. The minimum Gasteiger partial charge on any atom is -0.352 e. The van der Waals surface area contributed by atoms with Crippen molar-refractivity contribution < 1.29 is 4.79 Å². The molecule has 2 aliphatic rings. The van der Waals surface area contributed by atoms with Crippen molar-refractivity contribution in [3.05, 3.63) is 0 Å². The first-order valence-corrected chi connectivity index (χ1v) is 7.31. The highest BCUT2D eigenvalue weighted by Gasteiger charge is 2.48. The molecule has 0 aromatic carbocycles. The summed E-state index contributed by atoms with van der Waals surface area (Å²) in [5, 5.41) is 3.24. The van der Waals surface area contributed by atoms with Crippen LogP contribution in [-0.4, -0.2) is 18.0 Å². The molecule has 1 amide bonds. The van der Waals surface area contributed by atoms with E-state index in [2.05, 4.69) is 33.0 Å². The molecule has 0 aromatic heterocycles. The molecule has 3 heteroatoms. The highest BCUT2D eigenvalue weighted by atomic mass is 16.2. The molecule has 18 heavy (non-hydrogen) atoms. The van der Waals surface area contributed by atoms with Gasteiger partial charge in [0.05, 0.1) is 0 Å². The summed E-state index contributed by atoms with van der Waals surface area (Å²) < 4.78 is 0. The highest BCUT2D eigenvalue weighted by molar-refractivity contribution is 5.80. The predicted octanol–water partition coefficient (Wildman–Crippen LogP) is 2.44. The van der Waals surface area contributed by atoms with E-state index in [1.165, 1.54) is 19.3 Å². The van der Waals surface area contributed by atoms with E-state index in [0.29, 0.717) is 0 Å². The van der Waals surface area contributed by atoms with Gasteiger partial charge in [0.1, 0.15) is 0 Å². The molecule has 3 nitrogen and oxygen atoms in total. The maximum atomic E-state index is 12.5. The Hall–Kier alpha value is -0.570. The van der Waals surface area contributed by atoms with Gasteiger partial charge in [-0.15, -0.1) is 0 Å². The van der Waals surface area contributed by atoms with Crippen LogP contribution in [-0.2, 0) is 4.79 Å². The van der Waals surface area contributed by atoms with Crippen LogP contribution in [0.1, 0.15) is 59.8 Å². The summed E-state index contributed by atoms with van der Waals surface area (Å²) in [6, 6.07) is 0.486. The molecule has 104 valence electrons. The van der Waals surface area contributed by atoms with Crippen molar-refractivity contribution in [2.75, 3.05) is 0 Å². The zero-order chi connectivity index (χ0) is 13.6. The van der Waals surface area contributed by atoms with Gasteiger partial charge in [0.25, 0.3) is 0 Å². The molecule has 0 heterocycles. The summed E-state index contributed by atoms with van der Waals surface area (Å²) >= 11 is 0. The van der Waals surface area contributed by atoms with E-state index in [9.17, 15) is 4.79 Å². The Labute approximate surface area is 111 Å². The number of carbonyl (C=O) groups excluding carboxylic acids is 1. The largest absolute Gasteiger partial charge is 0.352 e. The third-order valence-electron chi connectivity index (χ3n) is 5.48. The lowest BCUT2D eigenvalue weighted by Gasteiger charge is -2.51. The fourth-order valence-corrected chi connectivity index (χ4v) is 3.46. The van der Waals surface area contributed by atoms with Crippen molar-refractivity contribution in [3.8, 4) is 0 Å². The fraction of sp³-hybridized carbons (Fsp3) is 0.933. The van der Waals surface area contributed by atoms with Gasteiger partial charge in [-0.1, -0.05) is 40.5 Å². The molecule has 0 saturated heterocycles. The molecule has 0 spiro atoms. The van der Waals surface area contributed by atoms with E-state index in [1.807, 2.05) is 0 Å². The lowest BCUT2D eigenvalue weighted by Crippen LogP contribution is -2.65. The van der Waals surface area contributed by atoms with Gasteiger partial charge in [-0.05, 0) is 24.7 Å². The third-order valence-corrected chi connectivity index (χ3v) is 5.48. The first-order chi connectivity index (χ1) is 8.25. The van der Waals surface area contributed by atoms with E-state index in [0.717, 1.165) is 12.8 Å². The number of rotatable bonds is 2. The molecular weight excluding hydrogens is 224 g/mol. The topological polar surface area (TPSA) is 55.1 Å². The van der Waals surface area contributed by atoms with Gasteiger partial charge >= 0.3 is 0 Å². The first-order valence-electron chi connectivity index (χ1n) is 7.31. The van der Waals surface area contributed by atoms with Crippen molar-refractivity contribution in [1.29, 1.82) is 0 Å². The van der Waals surface area contributed by atoms with Crippen LogP contribution < -0.4 is 11.1 Å². The number of amides is 1. The van der Waals surface area contributed by atoms with Crippen molar-refractivity contribution in [2.45, 2.75) is 71.9 Å². The zero-order valence-corrected chi connectivity index (χ0v) is 12.3. The monoisotopic (exact) mass is 252 g/mol. The number of hydrogen-bond acceptors (Lipinski definition) is 2. The van der Waals surface area contributed by atoms with Gasteiger partial charge in [-0.3, -0.25) is 4.79 Å². The van der Waals surface area contributed by atoms with Crippen LogP contribution in [0, 0.1) is 16.7 Å². The molecule has 0 radical (unpaired) electrons. The van der Waals surface area contributed by atoms with E-state index >= 15 is 0 Å². The Balaban J connectivity index is 1.96. The van der Waals surface area contributed by atoms with Crippen molar-refractivity contribution in [3.63, 3.8) is 0 Å². The molecule has 2 saturated carbocycles. The Morgan fingerprint density at radius 3 is 2.39 bits per heavy atom. The maximum Gasteiger partial charge on any atom is 0.223 e. The molecule has 3 unspecified atom stereocenters. The van der Waals surface area contributed by atoms with E-state index in [1.54, 1.807) is 0 Å². The number of hydrogen-bond donors (Lipinski definition) is 2. The van der Waals surface area contributed by atoms with Crippen LogP contribution in [0.25, 0.3) is 0 Å². The van der Waals surface area contributed by atoms with Crippen LogP contribution in [0.5, 0.6) is 0 Å². The number of carbonyl (C=O) groups is 1. The van der Waals surface area contributed by atoms with Crippen LogP contribution >= 0.6 is 0 Å². The number of nitrogens with two attached hydrogens (primary N) is 1. The molecule has 2 rings (SSSR count). The predicted molar refractivity (Wildman–Crippen MR) is 74.0 cm³/mol. The summed E-state index contributed by atoms with van der Waals surface area (Å²) in [5.41, 5.74) is 6.20. The Bertz CT molecular complexity index is 335. The standard InChI is InChI=1S/C15H28N2O/c1-14(2)8-6-5-7-10(14)13(18)17-12-9-11(16)15(12,3)4/h10-12H,5-9,16H2,1-4H3,(H,17,18). The van der Waals surface area contributed by atoms with Crippen LogP contribution in [0.2, 0.25) is 0 Å². The molecule has 3 N–H and O–H groups in total. The normalized spacial score (nSPS) is 37.7. The second-order valence-electron chi connectivity index (χ2n) is 7.51. The quantitative estimate of drug-likeness (QED) is 0.793. The van der Waals surface area contributed by atoms with Gasteiger partial charge in [0.2, 0.25) is 5.91 Å². The van der Waals surface area contributed by atoms with Crippen LogP contribution in [0.4, 0.5) is 0 Å². The molecule has 2 fully saturated rings. The van der Waals surface area contributed by atoms with E-state index < -0.39 is 0 Å². The Kier molecular flexibility index (Phi) is 3.48. The van der Waals surface area contributed by atoms with E-state index in [4.69, 9.17) is 5.73 Å². The van der Waals surface area contributed by atoms with E-state index in [-0.39, 0.29) is 34.7 Å². The van der Waals surface area contributed by atoms with Crippen molar-refractivity contribution in [2.24, 2.45) is 22.5 Å². The van der Waals surface area contributed by atoms with Crippen LogP contribution in [0.3, 0.4) is 0 Å².